The highest BCUT2D eigenvalue weighted by Gasteiger charge is 2.22. The molecule has 3 nitrogen and oxygen atoms in total. The first-order valence-electron chi connectivity index (χ1n) is 6.18. The van der Waals surface area contributed by atoms with Crippen molar-refractivity contribution < 1.29 is 4.79 Å². The highest BCUT2D eigenvalue weighted by Crippen LogP contribution is 2.27. The first kappa shape index (κ1) is 12.5. The third kappa shape index (κ3) is 4.20. The largest absolute Gasteiger partial charge is 0.353 e. The van der Waals surface area contributed by atoms with E-state index in [0.717, 1.165) is 6.42 Å². The molecule has 3 heteroatoms. The lowest BCUT2D eigenvalue weighted by Crippen LogP contribution is -2.39. The summed E-state index contributed by atoms with van der Waals surface area (Å²) in [6.07, 6.45) is 6.50. The van der Waals surface area contributed by atoms with Crippen LogP contribution >= 0.6 is 0 Å². The van der Waals surface area contributed by atoms with Crippen molar-refractivity contribution in [2.24, 2.45) is 11.7 Å². The van der Waals surface area contributed by atoms with E-state index in [2.05, 4.69) is 12.2 Å². The van der Waals surface area contributed by atoms with E-state index in [1.165, 1.54) is 25.7 Å². The molecule has 0 heterocycles. The zero-order valence-electron chi connectivity index (χ0n) is 9.96. The molecule has 1 aliphatic carbocycles. The Morgan fingerprint density at radius 2 is 2.07 bits per heavy atom. The van der Waals surface area contributed by atoms with Crippen LogP contribution < -0.4 is 11.1 Å². The van der Waals surface area contributed by atoms with Gasteiger partial charge in [-0.15, -0.1) is 0 Å². The molecule has 0 aromatic rings. The van der Waals surface area contributed by atoms with Gasteiger partial charge in [-0.25, -0.2) is 0 Å². The number of hydrogen-bond acceptors (Lipinski definition) is 2. The fourth-order valence-electron chi connectivity index (χ4n) is 2.27. The molecule has 0 bridgehead atoms. The van der Waals surface area contributed by atoms with Crippen LogP contribution in [-0.4, -0.2) is 18.0 Å². The highest BCUT2D eigenvalue weighted by molar-refractivity contribution is 5.76. The summed E-state index contributed by atoms with van der Waals surface area (Å²) in [5.41, 5.74) is 5.74. The van der Waals surface area contributed by atoms with Gasteiger partial charge in [0.1, 0.15) is 0 Å². The van der Waals surface area contributed by atoms with Gasteiger partial charge in [-0.05, 0) is 32.1 Å². The number of rotatable bonds is 5. The molecule has 3 N–H and O–H groups in total. The minimum Gasteiger partial charge on any atom is -0.353 e. The molecule has 1 fully saturated rings. The van der Waals surface area contributed by atoms with Gasteiger partial charge >= 0.3 is 0 Å². The molecule has 1 amide bonds. The summed E-state index contributed by atoms with van der Waals surface area (Å²) in [4.78, 5) is 11.6. The van der Waals surface area contributed by atoms with Gasteiger partial charge in [0.15, 0.2) is 0 Å². The van der Waals surface area contributed by atoms with E-state index in [-0.39, 0.29) is 11.9 Å². The Kier molecular flexibility index (Phi) is 5.09. The molecule has 0 saturated heterocycles. The van der Waals surface area contributed by atoms with E-state index in [1.807, 2.05) is 6.92 Å². The summed E-state index contributed by atoms with van der Waals surface area (Å²) in [6.45, 7) is 4.13. The molecule has 15 heavy (non-hydrogen) atoms. The van der Waals surface area contributed by atoms with Crippen molar-refractivity contribution in [1.29, 1.82) is 0 Å². The second-order valence-electron chi connectivity index (χ2n) is 4.77. The molecular formula is C12H24N2O. The van der Waals surface area contributed by atoms with E-state index >= 15 is 0 Å². The number of nitrogens with two attached hydrogens (primary N) is 1. The molecule has 1 unspecified atom stereocenters. The van der Waals surface area contributed by atoms with Crippen LogP contribution in [0.5, 0.6) is 0 Å². The van der Waals surface area contributed by atoms with Crippen LogP contribution in [0.4, 0.5) is 0 Å². The van der Waals surface area contributed by atoms with Gasteiger partial charge in [-0.1, -0.05) is 19.8 Å². The Morgan fingerprint density at radius 1 is 1.47 bits per heavy atom. The number of carbonyl (C=O) groups is 1. The first-order chi connectivity index (χ1) is 7.13. The molecular weight excluding hydrogens is 188 g/mol. The minimum absolute atomic E-state index is 0.0146. The number of amides is 1. The van der Waals surface area contributed by atoms with Crippen LogP contribution in [0.3, 0.4) is 0 Å². The van der Waals surface area contributed by atoms with Crippen LogP contribution in [0.25, 0.3) is 0 Å². The maximum Gasteiger partial charge on any atom is 0.221 e. The quantitative estimate of drug-likeness (QED) is 0.730. The molecule has 1 aliphatic rings. The van der Waals surface area contributed by atoms with Crippen molar-refractivity contribution in [1.82, 2.24) is 5.32 Å². The number of hydrogen-bond donors (Lipinski definition) is 2. The molecule has 0 aromatic heterocycles. The summed E-state index contributed by atoms with van der Waals surface area (Å²) >= 11 is 0. The van der Waals surface area contributed by atoms with Crippen molar-refractivity contribution in [2.45, 2.75) is 64.5 Å². The maximum atomic E-state index is 11.6. The van der Waals surface area contributed by atoms with Crippen molar-refractivity contribution in [3.8, 4) is 0 Å². The molecule has 1 saturated carbocycles. The zero-order chi connectivity index (χ0) is 11.3. The van der Waals surface area contributed by atoms with E-state index < -0.39 is 0 Å². The summed E-state index contributed by atoms with van der Waals surface area (Å²) in [6, 6.07) is 0.338. The Bertz CT molecular complexity index is 200. The average molecular weight is 212 g/mol. The van der Waals surface area contributed by atoms with Gasteiger partial charge < -0.3 is 11.1 Å². The fraction of sp³-hybridized carbons (Fsp3) is 0.917. The molecule has 1 rings (SSSR count). The molecule has 0 aromatic carbocycles. The Balaban J connectivity index is 2.24. The minimum atomic E-state index is 0.0146. The van der Waals surface area contributed by atoms with Gasteiger partial charge in [0.25, 0.3) is 0 Å². The summed E-state index contributed by atoms with van der Waals surface area (Å²) < 4.78 is 0. The Hall–Kier alpha value is -0.570. The van der Waals surface area contributed by atoms with Crippen molar-refractivity contribution in [2.75, 3.05) is 0 Å². The first-order valence-corrected chi connectivity index (χ1v) is 6.18. The normalized spacial score (nSPS) is 21.3. The second-order valence-corrected chi connectivity index (χ2v) is 4.77. The topological polar surface area (TPSA) is 55.1 Å². The Labute approximate surface area is 92.8 Å². The van der Waals surface area contributed by atoms with Gasteiger partial charge in [0, 0.05) is 18.5 Å². The lowest BCUT2D eigenvalue weighted by atomic mass is 9.99. The maximum absolute atomic E-state index is 11.6. The third-order valence-electron chi connectivity index (χ3n) is 3.47. The van der Waals surface area contributed by atoms with E-state index in [9.17, 15) is 4.79 Å². The van der Waals surface area contributed by atoms with Gasteiger partial charge in [0.2, 0.25) is 5.91 Å². The van der Waals surface area contributed by atoms with Crippen molar-refractivity contribution in [3.63, 3.8) is 0 Å². The molecule has 0 spiro atoms. The summed E-state index contributed by atoms with van der Waals surface area (Å²) in [5, 5.41) is 3.07. The fourth-order valence-corrected chi connectivity index (χ4v) is 2.27. The predicted octanol–water partition coefficient (Wildman–Crippen LogP) is 1.81. The summed E-state index contributed by atoms with van der Waals surface area (Å²) in [5.74, 6) is 0.801. The van der Waals surface area contributed by atoms with Crippen LogP contribution in [0, 0.1) is 5.92 Å². The SMILES string of the molecule is CCC(N)CC(=O)N[C@H](C)C1CCCC1. The van der Waals surface area contributed by atoms with Gasteiger partial charge in [0.05, 0.1) is 0 Å². The standard InChI is InChI=1S/C12H24N2O/c1-3-11(13)8-12(15)14-9(2)10-6-4-5-7-10/h9-11H,3-8,13H2,1-2H3,(H,14,15)/t9-,11?/m1/s1. The summed E-state index contributed by atoms with van der Waals surface area (Å²) in [7, 11) is 0. The van der Waals surface area contributed by atoms with E-state index in [1.54, 1.807) is 0 Å². The molecule has 0 aliphatic heterocycles. The van der Waals surface area contributed by atoms with Crippen LogP contribution in [0.2, 0.25) is 0 Å². The van der Waals surface area contributed by atoms with Crippen LogP contribution in [0.1, 0.15) is 52.4 Å². The third-order valence-corrected chi connectivity index (χ3v) is 3.47. The zero-order valence-corrected chi connectivity index (χ0v) is 9.96. The monoisotopic (exact) mass is 212 g/mol. The highest BCUT2D eigenvalue weighted by atomic mass is 16.1. The van der Waals surface area contributed by atoms with E-state index in [0.29, 0.717) is 18.4 Å². The number of carbonyl (C=O) groups excluding carboxylic acids is 1. The lowest BCUT2D eigenvalue weighted by molar-refractivity contribution is -0.122. The van der Waals surface area contributed by atoms with Gasteiger partial charge in [-0.3, -0.25) is 4.79 Å². The van der Waals surface area contributed by atoms with Crippen LogP contribution in [-0.2, 0) is 4.79 Å². The Morgan fingerprint density at radius 3 is 2.60 bits per heavy atom. The van der Waals surface area contributed by atoms with Gasteiger partial charge in [-0.2, -0.15) is 0 Å². The smallest absolute Gasteiger partial charge is 0.221 e. The molecule has 88 valence electrons. The molecule has 2 atom stereocenters. The second kappa shape index (κ2) is 6.11. The van der Waals surface area contributed by atoms with Crippen molar-refractivity contribution >= 4 is 5.91 Å². The number of nitrogens with one attached hydrogen (secondary N) is 1. The van der Waals surface area contributed by atoms with Crippen LogP contribution in [0.15, 0.2) is 0 Å². The van der Waals surface area contributed by atoms with Crippen molar-refractivity contribution in [3.05, 3.63) is 0 Å². The molecule has 0 radical (unpaired) electrons. The predicted molar refractivity (Wildman–Crippen MR) is 62.4 cm³/mol. The van der Waals surface area contributed by atoms with E-state index in [4.69, 9.17) is 5.73 Å². The lowest BCUT2D eigenvalue weighted by Gasteiger charge is -2.21. The average Bonchev–Trinajstić information content (AvgIpc) is 2.70.